The van der Waals surface area contributed by atoms with Crippen LogP contribution < -0.4 is 0 Å². The number of fused-ring (bicyclic) bond motifs is 7. The van der Waals surface area contributed by atoms with E-state index in [4.69, 9.17) is 4.42 Å². The molecule has 8 aromatic carbocycles. The van der Waals surface area contributed by atoms with E-state index in [1.54, 1.807) is 0 Å². The number of hydrogen-bond acceptors (Lipinski definition) is 1. The zero-order valence-corrected chi connectivity index (χ0v) is 25.8. The molecule has 1 heterocycles. The van der Waals surface area contributed by atoms with Crippen molar-refractivity contribution in [2.45, 2.75) is 12.8 Å². The fourth-order valence-corrected chi connectivity index (χ4v) is 7.83. The van der Waals surface area contributed by atoms with Crippen LogP contribution in [-0.4, -0.2) is 0 Å². The van der Waals surface area contributed by atoms with Crippen LogP contribution in [0, 0.1) is 0 Å². The lowest BCUT2D eigenvalue weighted by Gasteiger charge is -2.18. The van der Waals surface area contributed by atoms with Gasteiger partial charge in [0.25, 0.3) is 0 Å². The zero-order chi connectivity index (χ0) is 30.9. The van der Waals surface area contributed by atoms with Gasteiger partial charge in [0.2, 0.25) is 0 Å². The van der Waals surface area contributed by atoms with Crippen LogP contribution in [0.15, 0.2) is 156 Å². The number of allylic oxidation sites excluding steroid dienone is 1. The lowest BCUT2D eigenvalue weighted by Crippen LogP contribution is -1.93. The molecule has 0 unspecified atom stereocenters. The Bertz CT molecular complexity index is 2680. The number of hydrogen-bond donors (Lipinski definition) is 0. The third-order valence-corrected chi connectivity index (χ3v) is 10.1. The maximum absolute atomic E-state index is 6.41. The minimum Gasteiger partial charge on any atom is -0.456 e. The van der Waals surface area contributed by atoms with Crippen molar-refractivity contribution in [3.05, 3.63) is 163 Å². The molecule has 1 aliphatic rings. The van der Waals surface area contributed by atoms with Crippen LogP contribution in [-0.2, 0) is 6.42 Å². The smallest absolute Gasteiger partial charge is 0.135 e. The van der Waals surface area contributed by atoms with Gasteiger partial charge in [-0.05, 0) is 126 Å². The summed E-state index contributed by atoms with van der Waals surface area (Å²) in [6, 6.07) is 53.5. The predicted octanol–water partition coefficient (Wildman–Crippen LogP) is 13.0. The summed E-state index contributed by atoms with van der Waals surface area (Å²) in [7, 11) is 0. The van der Waals surface area contributed by atoms with Gasteiger partial charge >= 0.3 is 0 Å². The highest BCUT2D eigenvalue weighted by Gasteiger charge is 2.19. The monoisotopic (exact) mass is 598 g/mol. The molecule has 0 N–H and O–H groups in total. The Kier molecular flexibility index (Phi) is 5.77. The molecule has 47 heavy (non-hydrogen) atoms. The molecule has 1 heteroatoms. The highest BCUT2D eigenvalue weighted by Crippen LogP contribution is 2.45. The number of rotatable bonds is 3. The van der Waals surface area contributed by atoms with E-state index in [0.29, 0.717) is 0 Å². The fourth-order valence-electron chi connectivity index (χ4n) is 7.83. The first-order valence-electron chi connectivity index (χ1n) is 16.5. The molecule has 0 fully saturated rings. The maximum Gasteiger partial charge on any atom is 0.135 e. The van der Waals surface area contributed by atoms with Crippen LogP contribution in [0.3, 0.4) is 0 Å². The molecule has 220 valence electrons. The topological polar surface area (TPSA) is 13.1 Å². The summed E-state index contributed by atoms with van der Waals surface area (Å²) in [4.78, 5) is 0. The Labute approximate surface area is 273 Å². The van der Waals surface area contributed by atoms with Gasteiger partial charge in [0.1, 0.15) is 11.2 Å². The molecule has 0 radical (unpaired) electrons. The molecule has 10 rings (SSSR count). The van der Waals surface area contributed by atoms with Gasteiger partial charge in [0.05, 0.1) is 0 Å². The first-order valence-corrected chi connectivity index (χ1v) is 16.5. The van der Waals surface area contributed by atoms with Crippen molar-refractivity contribution in [1.82, 2.24) is 0 Å². The highest BCUT2D eigenvalue weighted by atomic mass is 16.3. The molecule has 0 spiro atoms. The Balaban J connectivity index is 1.20. The van der Waals surface area contributed by atoms with Crippen LogP contribution in [0.2, 0.25) is 0 Å². The average Bonchev–Trinajstić information content (AvgIpc) is 3.49. The van der Waals surface area contributed by atoms with Gasteiger partial charge in [0, 0.05) is 10.8 Å². The van der Waals surface area contributed by atoms with Gasteiger partial charge < -0.3 is 4.42 Å². The lowest BCUT2D eigenvalue weighted by molar-refractivity contribution is 0.668. The molecule has 1 aromatic heterocycles. The van der Waals surface area contributed by atoms with Crippen LogP contribution in [0.1, 0.15) is 17.5 Å². The van der Waals surface area contributed by atoms with Gasteiger partial charge in [-0.3, -0.25) is 0 Å². The molecule has 1 nitrogen and oxygen atoms in total. The number of aryl methyl sites for hydroxylation is 1. The molecule has 0 atom stereocenters. The lowest BCUT2D eigenvalue weighted by atomic mass is 9.85. The van der Waals surface area contributed by atoms with Crippen molar-refractivity contribution in [2.24, 2.45) is 0 Å². The van der Waals surface area contributed by atoms with Crippen molar-refractivity contribution in [3.63, 3.8) is 0 Å². The first kappa shape index (κ1) is 26.3. The largest absolute Gasteiger partial charge is 0.456 e. The summed E-state index contributed by atoms with van der Waals surface area (Å²) in [5, 5.41) is 9.89. The third kappa shape index (κ3) is 4.17. The Hall–Kier alpha value is -5.92. The van der Waals surface area contributed by atoms with Crippen molar-refractivity contribution in [3.8, 4) is 33.4 Å². The van der Waals surface area contributed by atoms with E-state index in [0.717, 1.165) is 24.0 Å². The van der Waals surface area contributed by atoms with E-state index in [1.165, 1.54) is 87.6 Å². The summed E-state index contributed by atoms with van der Waals surface area (Å²) < 4.78 is 6.41. The Morgan fingerprint density at radius 1 is 0.404 bits per heavy atom. The van der Waals surface area contributed by atoms with Gasteiger partial charge in [-0.15, -0.1) is 0 Å². The predicted molar refractivity (Wildman–Crippen MR) is 200 cm³/mol. The zero-order valence-electron chi connectivity index (χ0n) is 25.8. The van der Waals surface area contributed by atoms with E-state index >= 15 is 0 Å². The van der Waals surface area contributed by atoms with E-state index in [9.17, 15) is 0 Å². The second kappa shape index (κ2) is 10.3. The molecule has 0 saturated carbocycles. The maximum atomic E-state index is 6.41. The van der Waals surface area contributed by atoms with Crippen LogP contribution in [0.25, 0.3) is 93.7 Å². The molecule has 0 amide bonds. The van der Waals surface area contributed by atoms with Crippen LogP contribution >= 0.6 is 0 Å². The second-order valence-corrected chi connectivity index (χ2v) is 12.8. The van der Waals surface area contributed by atoms with E-state index < -0.39 is 0 Å². The summed E-state index contributed by atoms with van der Waals surface area (Å²) in [5.41, 5.74) is 12.0. The number of furan rings is 1. The Morgan fingerprint density at radius 3 is 1.79 bits per heavy atom. The third-order valence-electron chi connectivity index (χ3n) is 10.1. The summed E-state index contributed by atoms with van der Waals surface area (Å²) in [6.45, 7) is 0. The van der Waals surface area contributed by atoms with Gasteiger partial charge in [0.15, 0.2) is 0 Å². The van der Waals surface area contributed by atoms with Crippen LogP contribution in [0.5, 0.6) is 0 Å². The molecule has 0 saturated heterocycles. The molecule has 1 aliphatic carbocycles. The molecular formula is C46H30O. The molecule has 0 bridgehead atoms. The normalized spacial score (nSPS) is 12.9. The minimum absolute atomic E-state index is 0.936. The SMILES string of the molecule is C1=Cc2cc3c(cc2CC1)oc1ccc(-c2c4ccccc4c(-c4cccc(-c5ccc6ccccc6c5)c4)c4ccccc24)cc13. The second-order valence-electron chi connectivity index (χ2n) is 12.8. The minimum atomic E-state index is 0.936. The fraction of sp³-hybridized carbons (Fsp3) is 0.0435. The van der Waals surface area contributed by atoms with Gasteiger partial charge in [-0.2, -0.15) is 0 Å². The van der Waals surface area contributed by atoms with Crippen molar-refractivity contribution in [2.75, 3.05) is 0 Å². The summed E-state index contributed by atoms with van der Waals surface area (Å²) in [5.74, 6) is 0. The standard InChI is InChI=1S/C46H30O/c1-2-11-30-24-34(21-20-29(30)10-1)31-14-9-15-35(25-31)45-37-16-5-7-18-39(37)46(40-19-8-6-17-38(40)45)36-22-23-43-41(27-36)42-26-32-12-3-4-13-33(32)28-44(42)47-43/h1-3,5-12,14-28H,4,13H2. The van der Waals surface area contributed by atoms with Crippen molar-refractivity contribution < 1.29 is 4.42 Å². The van der Waals surface area contributed by atoms with E-state index in [1.807, 2.05) is 0 Å². The van der Waals surface area contributed by atoms with Crippen molar-refractivity contribution in [1.29, 1.82) is 0 Å². The van der Waals surface area contributed by atoms with Gasteiger partial charge in [-0.1, -0.05) is 121 Å². The summed E-state index contributed by atoms with van der Waals surface area (Å²) in [6.07, 6.45) is 6.70. The summed E-state index contributed by atoms with van der Waals surface area (Å²) >= 11 is 0. The van der Waals surface area contributed by atoms with Gasteiger partial charge in [-0.25, -0.2) is 0 Å². The Morgan fingerprint density at radius 2 is 1.02 bits per heavy atom. The average molecular weight is 599 g/mol. The van der Waals surface area contributed by atoms with E-state index in [2.05, 4.69) is 158 Å². The molecule has 9 aromatic rings. The highest BCUT2D eigenvalue weighted by molar-refractivity contribution is 6.22. The first-order chi connectivity index (χ1) is 23.3. The van der Waals surface area contributed by atoms with E-state index in [-0.39, 0.29) is 0 Å². The molecular weight excluding hydrogens is 569 g/mol. The number of benzene rings is 8. The molecule has 0 aliphatic heterocycles. The van der Waals surface area contributed by atoms with Crippen molar-refractivity contribution >= 4 is 60.3 Å². The van der Waals surface area contributed by atoms with Crippen LogP contribution in [0.4, 0.5) is 0 Å². The quantitative estimate of drug-likeness (QED) is 0.184.